The summed E-state index contributed by atoms with van der Waals surface area (Å²) in [5.74, 6) is 0.952. The van der Waals surface area contributed by atoms with Crippen molar-refractivity contribution in [2.75, 3.05) is 11.9 Å². The molecular weight excluding hydrogens is 342 g/mol. The van der Waals surface area contributed by atoms with Gasteiger partial charge in [-0.15, -0.1) is 0 Å². The average molecular weight is 362 g/mol. The fraction of sp³-hybridized carbons (Fsp3) is 0.278. The van der Waals surface area contributed by atoms with Gasteiger partial charge in [0.25, 0.3) is 5.91 Å². The van der Waals surface area contributed by atoms with E-state index in [1.165, 1.54) is 5.56 Å². The van der Waals surface area contributed by atoms with Crippen molar-refractivity contribution in [2.45, 2.75) is 26.7 Å². The van der Waals surface area contributed by atoms with Crippen LogP contribution in [0.3, 0.4) is 0 Å². The molecule has 2 aromatic carbocycles. The monoisotopic (exact) mass is 361 g/mol. The SMILES string of the molecule is Cc1ccccc1NC(=O)COc1ccc(C(C)C)cc1Br. The summed E-state index contributed by atoms with van der Waals surface area (Å²) < 4.78 is 6.45. The number of hydrogen-bond donors (Lipinski definition) is 1. The van der Waals surface area contributed by atoms with Gasteiger partial charge in [0.15, 0.2) is 6.61 Å². The Morgan fingerprint density at radius 2 is 1.95 bits per heavy atom. The van der Waals surface area contributed by atoms with Crippen LogP contribution in [0.2, 0.25) is 0 Å². The van der Waals surface area contributed by atoms with Crippen molar-refractivity contribution in [2.24, 2.45) is 0 Å². The number of ether oxygens (including phenoxy) is 1. The smallest absolute Gasteiger partial charge is 0.262 e. The van der Waals surface area contributed by atoms with E-state index in [9.17, 15) is 4.79 Å². The molecule has 116 valence electrons. The Balaban J connectivity index is 1.95. The van der Waals surface area contributed by atoms with Crippen molar-refractivity contribution in [3.8, 4) is 5.75 Å². The second-order valence-electron chi connectivity index (χ2n) is 5.50. The molecule has 3 nitrogen and oxygen atoms in total. The number of carbonyl (C=O) groups excluding carboxylic acids is 1. The van der Waals surface area contributed by atoms with Gasteiger partial charge in [-0.2, -0.15) is 0 Å². The van der Waals surface area contributed by atoms with Gasteiger partial charge in [-0.25, -0.2) is 0 Å². The third-order valence-electron chi connectivity index (χ3n) is 3.40. The van der Waals surface area contributed by atoms with E-state index in [4.69, 9.17) is 4.74 Å². The number of nitrogens with one attached hydrogen (secondary N) is 1. The number of aryl methyl sites for hydroxylation is 1. The van der Waals surface area contributed by atoms with Crippen LogP contribution in [-0.2, 0) is 4.79 Å². The summed E-state index contributed by atoms with van der Waals surface area (Å²) in [5, 5.41) is 2.85. The van der Waals surface area contributed by atoms with E-state index < -0.39 is 0 Å². The van der Waals surface area contributed by atoms with Gasteiger partial charge in [-0.05, 0) is 58.1 Å². The van der Waals surface area contributed by atoms with Crippen LogP contribution in [-0.4, -0.2) is 12.5 Å². The maximum absolute atomic E-state index is 12.0. The molecule has 2 aromatic rings. The first-order chi connectivity index (χ1) is 10.5. The third-order valence-corrected chi connectivity index (χ3v) is 4.02. The molecule has 0 aromatic heterocycles. The Bertz CT molecular complexity index is 668. The van der Waals surface area contributed by atoms with Gasteiger partial charge in [0, 0.05) is 5.69 Å². The van der Waals surface area contributed by atoms with E-state index in [-0.39, 0.29) is 12.5 Å². The van der Waals surface area contributed by atoms with Crippen molar-refractivity contribution < 1.29 is 9.53 Å². The summed E-state index contributed by atoms with van der Waals surface area (Å²) in [5.41, 5.74) is 3.06. The number of rotatable bonds is 5. The average Bonchev–Trinajstić information content (AvgIpc) is 2.48. The zero-order chi connectivity index (χ0) is 16.1. The summed E-state index contributed by atoms with van der Waals surface area (Å²) >= 11 is 3.49. The van der Waals surface area contributed by atoms with Crippen LogP contribution >= 0.6 is 15.9 Å². The van der Waals surface area contributed by atoms with Crippen LogP contribution in [0.5, 0.6) is 5.75 Å². The summed E-state index contributed by atoms with van der Waals surface area (Å²) in [6, 6.07) is 13.6. The topological polar surface area (TPSA) is 38.3 Å². The molecule has 0 bridgehead atoms. The van der Waals surface area contributed by atoms with Crippen LogP contribution in [0.15, 0.2) is 46.9 Å². The molecule has 0 saturated carbocycles. The second-order valence-corrected chi connectivity index (χ2v) is 6.35. The molecule has 0 atom stereocenters. The molecule has 0 radical (unpaired) electrons. The van der Waals surface area contributed by atoms with E-state index in [1.807, 2.05) is 49.4 Å². The number of halogens is 1. The van der Waals surface area contributed by atoms with Gasteiger partial charge in [-0.3, -0.25) is 4.79 Å². The molecule has 22 heavy (non-hydrogen) atoms. The zero-order valence-corrected chi connectivity index (χ0v) is 14.6. The lowest BCUT2D eigenvalue weighted by Gasteiger charge is -2.12. The highest BCUT2D eigenvalue weighted by Crippen LogP contribution is 2.28. The minimum absolute atomic E-state index is 0.0199. The molecular formula is C18H20BrNO2. The summed E-state index contributed by atoms with van der Waals surface area (Å²) in [6.07, 6.45) is 0. The normalized spacial score (nSPS) is 10.6. The van der Waals surface area contributed by atoms with E-state index in [2.05, 4.69) is 35.1 Å². The quantitative estimate of drug-likeness (QED) is 0.822. The maximum Gasteiger partial charge on any atom is 0.262 e. The Morgan fingerprint density at radius 3 is 2.59 bits per heavy atom. The second kappa shape index (κ2) is 7.45. The maximum atomic E-state index is 12.0. The summed E-state index contributed by atoms with van der Waals surface area (Å²) in [7, 11) is 0. The first-order valence-electron chi connectivity index (χ1n) is 7.25. The summed E-state index contributed by atoms with van der Waals surface area (Å²) in [6.45, 7) is 6.21. The minimum atomic E-state index is -0.172. The molecule has 1 N–H and O–H groups in total. The van der Waals surface area contributed by atoms with Crippen LogP contribution in [0.25, 0.3) is 0 Å². The molecule has 0 aliphatic carbocycles. The fourth-order valence-electron chi connectivity index (χ4n) is 2.04. The molecule has 4 heteroatoms. The largest absolute Gasteiger partial charge is 0.483 e. The first kappa shape index (κ1) is 16.6. The summed E-state index contributed by atoms with van der Waals surface area (Å²) in [4.78, 5) is 12.0. The fourth-order valence-corrected chi connectivity index (χ4v) is 2.55. The molecule has 0 unspecified atom stereocenters. The molecule has 0 aliphatic rings. The number of para-hydroxylation sites is 1. The van der Waals surface area contributed by atoms with E-state index in [0.717, 1.165) is 15.7 Å². The van der Waals surface area contributed by atoms with Crippen LogP contribution in [0.4, 0.5) is 5.69 Å². The van der Waals surface area contributed by atoms with Crippen molar-refractivity contribution >= 4 is 27.5 Å². The highest BCUT2D eigenvalue weighted by atomic mass is 79.9. The van der Waals surface area contributed by atoms with Crippen LogP contribution in [0.1, 0.15) is 30.9 Å². The van der Waals surface area contributed by atoms with Gasteiger partial charge in [0.2, 0.25) is 0 Å². The molecule has 0 saturated heterocycles. The highest BCUT2D eigenvalue weighted by Gasteiger charge is 2.09. The van der Waals surface area contributed by atoms with E-state index in [0.29, 0.717) is 11.7 Å². The molecule has 0 fully saturated rings. The van der Waals surface area contributed by atoms with Gasteiger partial charge in [0.1, 0.15) is 5.75 Å². The third kappa shape index (κ3) is 4.34. The molecule has 2 rings (SSSR count). The Morgan fingerprint density at radius 1 is 1.23 bits per heavy atom. The predicted octanol–water partition coefficient (Wildman–Crippen LogP) is 4.90. The molecule has 0 heterocycles. The Hall–Kier alpha value is -1.81. The van der Waals surface area contributed by atoms with Gasteiger partial charge < -0.3 is 10.1 Å². The van der Waals surface area contributed by atoms with Gasteiger partial charge in [-0.1, -0.05) is 38.1 Å². The number of hydrogen-bond acceptors (Lipinski definition) is 2. The minimum Gasteiger partial charge on any atom is -0.483 e. The van der Waals surface area contributed by atoms with E-state index >= 15 is 0 Å². The molecule has 1 amide bonds. The molecule has 0 aliphatic heterocycles. The van der Waals surface area contributed by atoms with Gasteiger partial charge in [0.05, 0.1) is 4.47 Å². The number of carbonyl (C=O) groups is 1. The zero-order valence-electron chi connectivity index (χ0n) is 13.0. The number of anilines is 1. The number of benzene rings is 2. The number of amides is 1. The van der Waals surface area contributed by atoms with Crippen LogP contribution in [0, 0.1) is 6.92 Å². The van der Waals surface area contributed by atoms with Crippen molar-refractivity contribution in [1.82, 2.24) is 0 Å². The van der Waals surface area contributed by atoms with Gasteiger partial charge >= 0.3 is 0 Å². The first-order valence-corrected chi connectivity index (χ1v) is 8.04. The van der Waals surface area contributed by atoms with Crippen molar-refractivity contribution in [3.05, 3.63) is 58.1 Å². The predicted molar refractivity (Wildman–Crippen MR) is 93.5 cm³/mol. The molecule has 0 spiro atoms. The van der Waals surface area contributed by atoms with Crippen molar-refractivity contribution in [3.63, 3.8) is 0 Å². The lowest BCUT2D eigenvalue weighted by molar-refractivity contribution is -0.118. The van der Waals surface area contributed by atoms with Crippen LogP contribution < -0.4 is 10.1 Å². The highest BCUT2D eigenvalue weighted by molar-refractivity contribution is 9.10. The Kier molecular flexibility index (Phi) is 5.61. The Labute approximate surface area is 139 Å². The lowest BCUT2D eigenvalue weighted by atomic mass is 10.0. The van der Waals surface area contributed by atoms with Crippen molar-refractivity contribution in [1.29, 1.82) is 0 Å². The lowest BCUT2D eigenvalue weighted by Crippen LogP contribution is -2.20. The standard InChI is InChI=1S/C18H20BrNO2/c1-12(2)14-8-9-17(15(19)10-14)22-11-18(21)20-16-7-5-4-6-13(16)3/h4-10,12H,11H2,1-3H3,(H,20,21). The van der Waals surface area contributed by atoms with E-state index in [1.54, 1.807) is 0 Å².